The molecular formula is C23H20N2O6. The van der Waals surface area contributed by atoms with Gasteiger partial charge in [0.05, 0.1) is 30.5 Å². The van der Waals surface area contributed by atoms with Gasteiger partial charge in [-0.1, -0.05) is 0 Å². The highest BCUT2D eigenvalue weighted by Crippen LogP contribution is 2.32. The minimum atomic E-state index is -0.571. The SMILES string of the molecule is CCOC(=O)c1ccc(N=Nc2ccc(OC(=O)c3ccc(OC)cc3)cc2O)cc1. The third kappa shape index (κ3) is 5.66. The van der Waals surface area contributed by atoms with Crippen LogP contribution in [0.1, 0.15) is 27.6 Å². The van der Waals surface area contributed by atoms with E-state index in [1.165, 1.54) is 25.3 Å². The Labute approximate surface area is 178 Å². The van der Waals surface area contributed by atoms with Crippen LogP contribution >= 0.6 is 0 Å². The minimum Gasteiger partial charge on any atom is -0.505 e. The number of methoxy groups -OCH3 is 1. The summed E-state index contributed by atoms with van der Waals surface area (Å²) in [6, 6.07) is 17.1. The van der Waals surface area contributed by atoms with Crippen molar-refractivity contribution in [3.63, 3.8) is 0 Å². The first-order valence-electron chi connectivity index (χ1n) is 9.38. The summed E-state index contributed by atoms with van der Waals surface area (Å²) in [5, 5.41) is 18.2. The van der Waals surface area contributed by atoms with E-state index in [-0.39, 0.29) is 17.2 Å². The summed E-state index contributed by atoms with van der Waals surface area (Å²) in [6.45, 7) is 2.03. The zero-order valence-corrected chi connectivity index (χ0v) is 16.9. The van der Waals surface area contributed by atoms with Crippen LogP contribution in [0.3, 0.4) is 0 Å². The predicted octanol–water partition coefficient (Wildman–Crippen LogP) is 5.21. The average molecular weight is 420 g/mol. The van der Waals surface area contributed by atoms with Crippen molar-refractivity contribution in [2.45, 2.75) is 6.92 Å². The third-order valence-corrected chi connectivity index (χ3v) is 4.13. The standard InChI is InChI=1S/C23H20N2O6/c1-3-30-22(27)15-4-8-17(9-5-15)24-25-20-13-12-19(14-21(20)26)31-23(28)16-6-10-18(29-2)11-7-16/h4-14,26H,3H2,1-2H3. The molecule has 0 amide bonds. The Balaban J connectivity index is 1.66. The van der Waals surface area contributed by atoms with Crippen LogP contribution in [0.2, 0.25) is 0 Å². The van der Waals surface area contributed by atoms with Crippen molar-refractivity contribution in [2.75, 3.05) is 13.7 Å². The molecule has 0 aliphatic heterocycles. The molecule has 0 atom stereocenters. The molecule has 0 saturated carbocycles. The zero-order valence-electron chi connectivity index (χ0n) is 16.9. The van der Waals surface area contributed by atoms with Gasteiger partial charge in [0.2, 0.25) is 0 Å². The molecule has 8 heteroatoms. The summed E-state index contributed by atoms with van der Waals surface area (Å²) in [6.07, 6.45) is 0. The molecule has 158 valence electrons. The van der Waals surface area contributed by atoms with Crippen molar-refractivity contribution in [3.05, 3.63) is 77.9 Å². The molecule has 3 aromatic carbocycles. The van der Waals surface area contributed by atoms with Gasteiger partial charge in [0.15, 0.2) is 0 Å². The van der Waals surface area contributed by atoms with E-state index in [2.05, 4.69) is 10.2 Å². The van der Waals surface area contributed by atoms with Gasteiger partial charge in [-0.15, -0.1) is 5.11 Å². The summed E-state index contributed by atoms with van der Waals surface area (Å²) < 4.78 is 15.2. The van der Waals surface area contributed by atoms with Gasteiger partial charge in [0, 0.05) is 6.07 Å². The predicted molar refractivity (Wildman–Crippen MR) is 113 cm³/mol. The minimum absolute atomic E-state index is 0.163. The molecule has 3 aromatic rings. The van der Waals surface area contributed by atoms with Crippen molar-refractivity contribution in [1.29, 1.82) is 0 Å². The summed E-state index contributed by atoms with van der Waals surface area (Å²) in [7, 11) is 1.54. The number of esters is 2. The summed E-state index contributed by atoms with van der Waals surface area (Å²) in [5.74, 6) is -0.399. The first-order chi connectivity index (χ1) is 15.0. The van der Waals surface area contributed by atoms with E-state index in [1.807, 2.05) is 0 Å². The maximum atomic E-state index is 12.2. The van der Waals surface area contributed by atoms with Crippen LogP contribution in [0, 0.1) is 0 Å². The zero-order chi connectivity index (χ0) is 22.2. The van der Waals surface area contributed by atoms with E-state index in [4.69, 9.17) is 14.2 Å². The van der Waals surface area contributed by atoms with Gasteiger partial charge in [-0.3, -0.25) is 0 Å². The lowest BCUT2D eigenvalue weighted by Crippen LogP contribution is -2.08. The largest absolute Gasteiger partial charge is 0.505 e. The number of nitrogens with zero attached hydrogens (tertiary/aromatic N) is 2. The molecule has 0 aliphatic carbocycles. The number of benzene rings is 3. The lowest BCUT2D eigenvalue weighted by atomic mass is 10.2. The smallest absolute Gasteiger partial charge is 0.343 e. The Bertz CT molecular complexity index is 1090. The quantitative estimate of drug-likeness (QED) is 0.319. The van der Waals surface area contributed by atoms with E-state index in [0.717, 1.165) is 0 Å². The number of rotatable bonds is 7. The lowest BCUT2D eigenvalue weighted by Gasteiger charge is -2.06. The molecule has 0 radical (unpaired) electrons. The Morgan fingerprint density at radius 2 is 1.45 bits per heavy atom. The molecule has 1 N–H and O–H groups in total. The van der Waals surface area contributed by atoms with Gasteiger partial charge in [0.1, 0.15) is 22.9 Å². The van der Waals surface area contributed by atoms with Crippen LogP contribution in [0.25, 0.3) is 0 Å². The molecule has 0 spiro atoms. The number of phenolic OH excluding ortho intramolecular Hbond substituents is 1. The van der Waals surface area contributed by atoms with E-state index < -0.39 is 11.9 Å². The number of hydrogen-bond donors (Lipinski definition) is 1. The number of aromatic hydroxyl groups is 1. The second-order valence-electron chi connectivity index (χ2n) is 6.24. The highest BCUT2D eigenvalue weighted by molar-refractivity contribution is 5.91. The fraction of sp³-hybridized carbons (Fsp3) is 0.130. The fourth-order valence-electron chi connectivity index (χ4n) is 2.53. The van der Waals surface area contributed by atoms with E-state index in [1.54, 1.807) is 55.5 Å². The number of carbonyl (C=O) groups is 2. The van der Waals surface area contributed by atoms with Crippen molar-refractivity contribution in [2.24, 2.45) is 10.2 Å². The maximum absolute atomic E-state index is 12.2. The van der Waals surface area contributed by atoms with Crippen LogP contribution in [0.4, 0.5) is 11.4 Å². The van der Waals surface area contributed by atoms with Gasteiger partial charge < -0.3 is 19.3 Å². The molecular weight excluding hydrogens is 400 g/mol. The monoisotopic (exact) mass is 420 g/mol. The van der Waals surface area contributed by atoms with Gasteiger partial charge in [-0.2, -0.15) is 5.11 Å². The van der Waals surface area contributed by atoms with Crippen molar-refractivity contribution >= 4 is 23.3 Å². The van der Waals surface area contributed by atoms with Gasteiger partial charge >= 0.3 is 11.9 Å². The Morgan fingerprint density at radius 1 is 0.839 bits per heavy atom. The number of hydrogen-bond acceptors (Lipinski definition) is 8. The number of ether oxygens (including phenoxy) is 3. The second kappa shape index (κ2) is 10.0. The molecule has 31 heavy (non-hydrogen) atoms. The van der Waals surface area contributed by atoms with Crippen molar-refractivity contribution in [3.8, 4) is 17.2 Å². The number of azo groups is 1. The van der Waals surface area contributed by atoms with Gasteiger partial charge in [-0.25, -0.2) is 9.59 Å². The van der Waals surface area contributed by atoms with E-state index in [9.17, 15) is 14.7 Å². The molecule has 0 aromatic heterocycles. The van der Waals surface area contributed by atoms with Crippen LogP contribution < -0.4 is 9.47 Å². The van der Waals surface area contributed by atoms with E-state index in [0.29, 0.717) is 29.2 Å². The number of carbonyl (C=O) groups excluding carboxylic acids is 2. The second-order valence-corrected chi connectivity index (χ2v) is 6.24. The summed E-state index contributed by atoms with van der Waals surface area (Å²) >= 11 is 0. The summed E-state index contributed by atoms with van der Waals surface area (Å²) in [5.41, 5.74) is 1.43. The Morgan fingerprint density at radius 3 is 2.06 bits per heavy atom. The molecule has 0 heterocycles. The maximum Gasteiger partial charge on any atom is 0.343 e. The lowest BCUT2D eigenvalue weighted by molar-refractivity contribution is 0.0526. The highest BCUT2D eigenvalue weighted by atomic mass is 16.5. The van der Waals surface area contributed by atoms with Crippen molar-refractivity contribution in [1.82, 2.24) is 0 Å². The van der Waals surface area contributed by atoms with Crippen LogP contribution in [-0.2, 0) is 4.74 Å². The van der Waals surface area contributed by atoms with Gasteiger partial charge in [-0.05, 0) is 67.6 Å². The molecule has 0 aliphatic rings. The average Bonchev–Trinajstić information content (AvgIpc) is 2.79. The first kappa shape index (κ1) is 21.5. The first-order valence-corrected chi connectivity index (χ1v) is 9.38. The topological polar surface area (TPSA) is 107 Å². The third-order valence-electron chi connectivity index (χ3n) is 4.13. The molecule has 8 nitrogen and oxygen atoms in total. The van der Waals surface area contributed by atoms with Gasteiger partial charge in [0.25, 0.3) is 0 Å². The highest BCUT2D eigenvalue weighted by Gasteiger charge is 2.11. The molecule has 0 bridgehead atoms. The Kier molecular flexibility index (Phi) is 6.95. The summed E-state index contributed by atoms with van der Waals surface area (Å²) in [4.78, 5) is 23.9. The fourth-order valence-corrected chi connectivity index (χ4v) is 2.53. The molecule has 0 saturated heterocycles. The van der Waals surface area contributed by atoms with Crippen LogP contribution in [-0.4, -0.2) is 30.8 Å². The molecule has 0 fully saturated rings. The van der Waals surface area contributed by atoms with Crippen LogP contribution in [0.5, 0.6) is 17.2 Å². The van der Waals surface area contributed by atoms with Crippen LogP contribution in [0.15, 0.2) is 77.0 Å². The molecule has 3 rings (SSSR count). The Hall–Kier alpha value is -4.20. The van der Waals surface area contributed by atoms with E-state index >= 15 is 0 Å². The normalized spacial score (nSPS) is 10.6. The van der Waals surface area contributed by atoms with Crippen molar-refractivity contribution < 1.29 is 28.9 Å². The number of phenols is 1. The molecule has 0 unspecified atom stereocenters.